The predicted octanol–water partition coefficient (Wildman–Crippen LogP) is 7.64. The number of benzene rings is 3. The highest BCUT2D eigenvalue weighted by Gasteiger charge is 2.25. The number of fused-ring (bicyclic) bond motifs is 1. The van der Waals surface area contributed by atoms with Gasteiger partial charge in [0.25, 0.3) is 0 Å². The molecule has 1 heterocycles. The van der Waals surface area contributed by atoms with E-state index in [-0.39, 0.29) is 5.97 Å². The van der Waals surface area contributed by atoms with E-state index in [4.69, 9.17) is 4.74 Å². The fraction of sp³-hybridized carbons (Fsp3) is 0.276. The Morgan fingerprint density at radius 1 is 0.844 bits per heavy atom. The number of carbonyl (C=O) groups excluding carboxylic acids is 1. The van der Waals surface area contributed by atoms with Crippen molar-refractivity contribution in [2.24, 2.45) is 0 Å². The number of methoxy groups -OCH3 is 1. The van der Waals surface area contributed by atoms with Gasteiger partial charge in [0.2, 0.25) is 0 Å². The Balaban J connectivity index is 2.16. The molecule has 0 N–H and O–H groups in total. The zero-order chi connectivity index (χ0) is 23.0. The lowest BCUT2D eigenvalue weighted by Gasteiger charge is -2.24. The summed E-state index contributed by atoms with van der Waals surface area (Å²) in [6.07, 6.45) is 0. The molecule has 32 heavy (non-hydrogen) atoms. The molecule has 0 unspecified atom stereocenters. The number of rotatable bonds is 5. The lowest BCUT2D eigenvalue weighted by molar-refractivity contribution is 0.0600. The Bertz CT molecular complexity index is 1260. The van der Waals surface area contributed by atoms with E-state index >= 15 is 0 Å². The molecule has 0 aliphatic rings. The maximum atomic E-state index is 12.7. The van der Waals surface area contributed by atoms with Crippen molar-refractivity contribution in [3.63, 3.8) is 0 Å². The van der Waals surface area contributed by atoms with Crippen molar-refractivity contribution in [3.05, 3.63) is 89.1 Å². The van der Waals surface area contributed by atoms with Crippen molar-refractivity contribution >= 4 is 16.7 Å². The maximum absolute atomic E-state index is 12.7. The minimum atomic E-state index is -0.309. The molecule has 0 bridgehead atoms. The summed E-state index contributed by atoms with van der Waals surface area (Å²) in [5, 5.41) is 2.34. The predicted molar refractivity (Wildman–Crippen MR) is 133 cm³/mol. The zero-order valence-corrected chi connectivity index (χ0v) is 19.8. The third kappa shape index (κ3) is 3.62. The van der Waals surface area contributed by atoms with E-state index in [1.807, 2.05) is 13.0 Å². The number of nitrogens with zero attached hydrogens (tertiary/aromatic N) is 1. The number of esters is 1. The van der Waals surface area contributed by atoms with Crippen LogP contribution in [0.3, 0.4) is 0 Å². The van der Waals surface area contributed by atoms with Gasteiger partial charge in [-0.05, 0) is 46.7 Å². The molecule has 4 aromatic rings. The van der Waals surface area contributed by atoms with Gasteiger partial charge in [-0.1, -0.05) is 88.4 Å². The molecular formula is C29H31NO2. The Kier molecular flexibility index (Phi) is 5.92. The highest BCUT2D eigenvalue weighted by molar-refractivity contribution is 5.99. The van der Waals surface area contributed by atoms with Gasteiger partial charge in [0.1, 0.15) is 0 Å². The monoisotopic (exact) mass is 425 g/mol. The van der Waals surface area contributed by atoms with Crippen LogP contribution >= 0.6 is 0 Å². The quantitative estimate of drug-likeness (QED) is 0.308. The second-order valence-electron chi connectivity index (χ2n) is 8.98. The fourth-order valence-electron chi connectivity index (χ4n) is 4.63. The molecule has 0 radical (unpaired) electrons. The van der Waals surface area contributed by atoms with Gasteiger partial charge < -0.3 is 9.30 Å². The van der Waals surface area contributed by atoms with Gasteiger partial charge in [0.05, 0.1) is 24.1 Å². The molecule has 0 saturated heterocycles. The van der Waals surface area contributed by atoms with Crippen molar-refractivity contribution < 1.29 is 9.53 Å². The molecule has 0 fully saturated rings. The summed E-state index contributed by atoms with van der Waals surface area (Å²) in [7, 11) is 1.44. The summed E-state index contributed by atoms with van der Waals surface area (Å²) in [6.45, 7) is 10.9. The topological polar surface area (TPSA) is 31.2 Å². The number of aromatic nitrogens is 1. The lowest BCUT2D eigenvalue weighted by Crippen LogP contribution is -2.11. The minimum absolute atomic E-state index is 0.309. The first-order valence-electron chi connectivity index (χ1n) is 11.3. The molecule has 0 spiro atoms. The summed E-state index contributed by atoms with van der Waals surface area (Å²) < 4.78 is 7.42. The van der Waals surface area contributed by atoms with Crippen LogP contribution in [0.25, 0.3) is 27.7 Å². The molecule has 0 aliphatic carbocycles. The van der Waals surface area contributed by atoms with E-state index in [1.54, 1.807) is 0 Å². The maximum Gasteiger partial charge on any atom is 0.339 e. The zero-order valence-electron chi connectivity index (χ0n) is 19.8. The van der Waals surface area contributed by atoms with Gasteiger partial charge >= 0.3 is 5.97 Å². The van der Waals surface area contributed by atoms with Crippen LogP contribution in [0.2, 0.25) is 0 Å². The van der Waals surface area contributed by atoms with Gasteiger partial charge in [-0.25, -0.2) is 4.79 Å². The van der Waals surface area contributed by atoms with Crippen molar-refractivity contribution in [2.75, 3.05) is 7.11 Å². The van der Waals surface area contributed by atoms with E-state index in [9.17, 15) is 4.79 Å². The van der Waals surface area contributed by atoms with Gasteiger partial charge in [-0.3, -0.25) is 0 Å². The van der Waals surface area contributed by atoms with E-state index in [1.165, 1.54) is 34.7 Å². The molecule has 1 aromatic heterocycles. The first-order valence-corrected chi connectivity index (χ1v) is 11.3. The molecule has 0 aliphatic heterocycles. The van der Waals surface area contributed by atoms with Gasteiger partial charge in [-0.2, -0.15) is 0 Å². The first kappa shape index (κ1) is 21.9. The van der Waals surface area contributed by atoms with Crippen LogP contribution in [-0.4, -0.2) is 17.6 Å². The number of hydrogen-bond donors (Lipinski definition) is 0. The minimum Gasteiger partial charge on any atom is -0.465 e. The summed E-state index contributed by atoms with van der Waals surface area (Å²) in [5.41, 5.74) is 7.33. The van der Waals surface area contributed by atoms with Gasteiger partial charge in [0.15, 0.2) is 0 Å². The Morgan fingerprint density at radius 2 is 1.44 bits per heavy atom. The van der Waals surface area contributed by atoms with Gasteiger partial charge in [-0.15, -0.1) is 0 Å². The summed E-state index contributed by atoms with van der Waals surface area (Å²) in [6, 6.07) is 23.3. The highest BCUT2D eigenvalue weighted by atomic mass is 16.5. The molecule has 3 aromatic carbocycles. The Labute approximate surface area is 190 Å². The van der Waals surface area contributed by atoms with Crippen LogP contribution in [0.4, 0.5) is 0 Å². The normalized spacial score (nSPS) is 11.5. The third-order valence-electron chi connectivity index (χ3n) is 6.28. The molecule has 0 amide bonds. The molecule has 164 valence electrons. The molecular weight excluding hydrogens is 394 g/mol. The number of hydrogen-bond acceptors (Lipinski definition) is 2. The van der Waals surface area contributed by atoms with E-state index in [0.29, 0.717) is 17.4 Å². The van der Waals surface area contributed by atoms with Crippen molar-refractivity contribution in [1.82, 2.24) is 4.57 Å². The summed E-state index contributed by atoms with van der Waals surface area (Å²) >= 11 is 0. The Morgan fingerprint density at radius 3 is 2.06 bits per heavy atom. The number of carbonyl (C=O) groups is 1. The summed E-state index contributed by atoms with van der Waals surface area (Å²) in [5.74, 6) is 0.371. The molecule has 3 heteroatoms. The second kappa shape index (κ2) is 8.66. The van der Waals surface area contributed by atoms with Crippen LogP contribution in [0.15, 0.2) is 66.7 Å². The van der Waals surface area contributed by atoms with E-state index < -0.39 is 0 Å². The lowest BCUT2D eigenvalue weighted by atomic mass is 9.92. The third-order valence-corrected chi connectivity index (χ3v) is 6.28. The van der Waals surface area contributed by atoms with E-state index in [2.05, 4.69) is 92.9 Å². The fourth-order valence-corrected chi connectivity index (χ4v) is 4.63. The molecule has 4 rings (SSSR count). The average molecular weight is 426 g/mol. The van der Waals surface area contributed by atoms with Crippen LogP contribution in [0.1, 0.15) is 66.7 Å². The largest absolute Gasteiger partial charge is 0.465 e. The van der Waals surface area contributed by atoms with Crippen molar-refractivity contribution in [3.8, 4) is 16.9 Å². The highest BCUT2D eigenvalue weighted by Crippen LogP contribution is 2.39. The number of para-hydroxylation sites is 1. The van der Waals surface area contributed by atoms with Crippen LogP contribution in [-0.2, 0) is 4.74 Å². The SMILES string of the molecule is COC(=O)c1cc(-c2cccc3ccccc23)n(-c2c(C(C)C)cccc2C(C)C)c1C. The van der Waals surface area contributed by atoms with Crippen LogP contribution in [0, 0.1) is 6.92 Å². The van der Waals surface area contributed by atoms with E-state index in [0.717, 1.165) is 17.0 Å². The summed E-state index contributed by atoms with van der Waals surface area (Å²) in [4.78, 5) is 12.7. The Hall–Kier alpha value is -3.33. The van der Waals surface area contributed by atoms with Crippen LogP contribution < -0.4 is 0 Å². The second-order valence-corrected chi connectivity index (χ2v) is 8.98. The van der Waals surface area contributed by atoms with Crippen molar-refractivity contribution in [1.29, 1.82) is 0 Å². The average Bonchev–Trinajstić information content (AvgIpc) is 3.13. The first-order chi connectivity index (χ1) is 15.3. The molecule has 0 atom stereocenters. The standard InChI is InChI=1S/C29H31NO2/c1-18(2)22-14-10-15-23(19(3)4)28(22)30-20(5)26(29(31)32-6)17-27(30)25-16-9-12-21-11-7-8-13-24(21)25/h7-19H,1-6H3. The van der Waals surface area contributed by atoms with Crippen LogP contribution in [0.5, 0.6) is 0 Å². The molecule has 3 nitrogen and oxygen atoms in total. The molecule has 0 saturated carbocycles. The van der Waals surface area contributed by atoms with Crippen molar-refractivity contribution in [2.45, 2.75) is 46.5 Å². The number of ether oxygens (including phenoxy) is 1. The van der Waals surface area contributed by atoms with Gasteiger partial charge in [0, 0.05) is 11.3 Å². The smallest absolute Gasteiger partial charge is 0.339 e.